The minimum absolute atomic E-state index is 0.0821. The summed E-state index contributed by atoms with van der Waals surface area (Å²) in [5, 5.41) is 0. The minimum Gasteiger partial charge on any atom is -0.493 e. The molecule has 0 unspecified atom stereocenters. The SMILES string of the molecule is COc1ccc(S(=O)(=O)Nc2ccc3c(c2)CCN3C(=O)C2CCCC2)cc1OC. The normalized spacial score (nSPS) is 16.4. The van der Waals surface area contributed by atoms with Crippen LogP contribution in [0.1, 0.15) is 31.2 Å². The monoisotopic (exact) mass is 430 g/mol. The van der Waals surface area contributed by atoms with Crippen LogP contribution in [0.5, 0.6) is 11.5 Å². The maximum absolute atomic E-state index is 12.8. The number of amides is 1. The smallest absolute Gasteiger partial charge is 0.262 e. The van der Waals surface area contributed by atoms with Crippen LogP contribution < -0.4 is 19.1 Å². The van der Waals surface area contributed by atoms with Crippen molar-refractivity contribution in [2.45, 2.75) is 37.0 Å². The zero-order valence-electron chi connectivity index (χ0n) is 17.2. The van der Waals surface area contributed by atoms with Gasteiger partial charge in [-0.25, -0.2) is 8.42 Å². The molecule has 0 bridgehead atoms. The van der Waals surface area contributed by atoms with Crippen LogP contribution in [0.15, 0.2) is 41.3 Å². The van der Waals surface area contributed by atoms with E-state index in [9.17, 15) is 13.2 Å². The first kappa shape index (κ1) is 20.5. The summed E-state index contributed by atoms with van der Waals surface area (Å²) in [6.45, 7) is 0.649. The first-order chi connectivity index (χ1) is 14.4. The van der Waals surface area contributed by atoms with Crippen molar-refractivity contribution in [3.05, 3.63) is 42.0 Å². The summed E-state index contributed by atoms with van der Waals surface area (Å²) in [5.41, 5.74) is 2.34. The number of carbonyl (C=O) groups excluding carboxylic acids is 1. The Kier molecular flexibility index (Phi) is 5.60. The van der Waals surface area contributed by atoms with Gasteiger partial charge in [-0.3, -0.25) is 9.52 Å². The molecule has 1 aliphatic heterocycles. The molecule has 1 fully saturated rings. The Morgan fingerprint density at radius 1 is 1.03 bits per heavy atom. The highest BCUT2D eigenvalue weighted by atomic mass is 32.2. The number of rotatable bonds is 6. The van der Waals surface area contributed by atoms with Gasteiger partial charge >= 0.3 is 0 Å². The number of benzene rings is 2. The molecule has 2 aromatic rings. The van der Waals surface area contributed by atoms with Gasteiger partial charge in [-0.2, -0.15) is 0 Å². The largest absolute Gasteiger partial charge is 0.493 e. The molecule has 2 aliphatic rings. The molecule has 160 valence electrons. The maximum atomic E-state index is 12.8. The third kappa shape index (κ3) is 3.84. The zero-order chi connectivity index (χ0) is 21.3. The van der Waals surface area contributed by atoms with Crippen LogP contribution >= 0.6 is 0 Å². The Labute approximate surface area is 177 Å². The van der Waals surface area contributed by atoms with Crippen molar-refractivity contribution in [3.8, 4) is 11.5 Å². The topological polar surface area (TPSA) is 84.9 Å². The summed E-state index contributed by atoms with van der Waals surface area (Å²) in [5.74, 6) is 1.13. The lowest BCUT2D eigenvalue weighted by molar-refractivity contribution is -0.122. The number of nitrogens with one attached hydrogen (secondary N) is 1. The summed E-state index contributed by atoms with van der Waals surface area (Å²) < 4.78 is 38.7. The molecule has 0 spiro atoms. The van der Waals surface area contributed by atoms with E-state index in [0.29, 0.717) is 23.7 Å². The predicted molar refractivity (Wildman–Crippen MR) is 115 cm³/mol. The summed E-state index contributed by atoms with van der Waals surface area (Å²) in [4.78, 5) is 14.8. The van der Waals surface area contributed by atoms with E-state index in [4.69, 9.17) is 9.47 Å². The van der Waals surface area contributed by atoms with Crippen molar-refractivity contribution in [3.63, 3.8) is 0 Å². The van der Waals surface area contributed by atoms with E-state index in [1.54, 1.807) is 12.1 Å². The molecule has 0 radical (unpaired) electrons. The second-order valence-electron chi connectivity index (χ2n) is 7.69. The van der Waals surface area contributed by atoms with E-state index in [2.05, 4.69) is 4.72 Å². The lowest BCUT2D eigenvalue weighted by atomic mass is 10.1. The van der Waals surface area contributed by atoms with Crippen molar-refractivity contribution >= 4 is 27.3 Å². The Hall–Kier alpha value is -2.74. The number of carbonyl (C=O) groups is 1. The first-order valence-corrected chi connectivity index (χ1v) is 11.6. The van der Waals surface area contributed by atoms with Crippen LogP contribution in [-0.2, 0) is 21.2 Å². The van der Waals surface area contributed by atoms with E-state index in [-0.39, 0.29) is 16.7 Å². The maximum Gasteiger partial charge on any atom is 0.262 e. The average Bonchev–Trinajstić information content (AvgIpc) is 3.42. The molecular formula is C22H26N2O5S. The van der Waals surface area contributed by atoms with Crippen LogP contribution in [0.3, 0.4) is 0 Å². The molecule has 0 aromatic heterocycles. The van der Waals surface area contributed by atoms with Gasteiger partial charge in [0.15, 0.2) is 11.5 Å². The van der Waals surface area contributed by atoms with Gasteiger partial charge in [-0.05, 0) is 55.2 Å². The second kappa shape index (κ2) is 8.18. The molecule has 0 saturated heterocycles. The molecule has 4 rings (SSSR count). The van der Waals surface area contributed by atoms with E-state index in [1.807, 2.05) is 17.0 Å². The van der Waals surface area contributed by atoms with Crippen molar-refractivity contribution in [2.75, 3.05) is 30.4 Å². The van der Waals surface area contributed by atoms with Crippen LogP contribution in [0.4, 0.5) is 11.4 Å². The Balaban J connectivity index is 1.54. The third-order valence-corrected chi connectivity index (χ3v) is 7.24. The van der Waals surface area contributed by atoms with E-state index >= 15 is 0 Å². The number of sulfonamides is 1. The number of methoxy groups -OCH3 is 2. The van der Waals surface area contributed by atoms with Gasteiger partial charge in [0.1, 0.15) is 0 Å². The molecule has 7 nitrogen and oxygen atoms in total. The van der Waals surface area contributed by atoms with Crippen molar-refractivity contribution in [2.24, 2.45) is 5.92 Å². The summed E-state index contributed by atoms with van der Waals surface area (Å²) >= 11 is 0. The van der Waals surface area contributed by atoms with Crippen molar-refractivity contribution < 1.29 is 22.7 Å². The van der Waals surface area contributed by atoms with Crippen LogP contribution in [0.25, 0.3) is 0 Å². The highest BCUT2D eigenvalue weighted by Crippen LogP contribution is 2.36. The molecular weight excluding hydrogens is 404 g/mol. The number of fused-ring (bicyclic) bond motifs is 1. The van der Waals surface area contributed by atoms with Gasteiger partial charge in [-0.15, -0.1) is 0 Å². The molecule has 1 heterocycles. The standard InChI is InChI=1S/C22H26N2O5S/c1-28-20-10-8-18(14-21(20)29-2)30(26,27)23-17-7-9-19-16(13-17)11-12-24(19)22(25)15-5-3-4-6-15/h7-10,13-15,23H,3-6,11-12H2,1-2H3. The van der Waals surface area contributed by atoms with Crippen LogP contribution in [0.2, 0.25) is 0 Å². The molecule has 30 heavy (non-hydrogen) atoms. The number of ether oxygens (including phenoxy) is 2. The van der Waals surface area contributed by atoms with Crippen LogP contribution in [-0.4, -0.2) is 35.1 Å². The second-order valence-corrected chi connectivity index (χ2v) is 9.37. The molecule has 2 aromatic carbocycles. The Morgan fingerprint density at radius 3 is 2.47 bits per heavy atom. The third-order valence-electron chi connectivity index (χ3n) is 5.86. The van der Waals surface area contributed by atoms with Gasteiger partial charge in [0.2, 0.25) is 5.91 Å². The summed E-state index contributed by atoms with van der Waals surface area (Å²) in [6.07, 6.45) is 4.89. The Morgan fingerprint density at radius 2 is 1.77 bits per heavy atom. The quantitative estimate of drug-likeness (QED) is 0.757. The van der Waals surface area contributed by atoms with Gasteiger partial charge in [0.25, 0.3) is 10.0 Å². The van der Waals surface area contributed by atoms with Crippen molar-refractivity contribution in [1.82, 2.24) is 0 Å². The number of hydrogen-bond acceptors (Lipinski definition) is 5. The summed E-state index contributed by atoms with van der Waals surface area (Å²) in [6, 6.07) is 9.81. The highest BCUT2D eigenvalue weighted by Gasteiger charge is 2.32. The number of anilines is 2. The van der Waals surface area contributed by atoms with Gasteiger partial charge in [0.05, 0.1) is 19.1 Å². The van der Waals surface area contributed by atoms with Crippen molar-refractivity contribution in [1.29, 1.82) is 0 Å². The fraction of sp³-hybridized carbons (Fsp3) is 0.409. The fourth-order valence-electron chi connectivity index (χ4n) is 4.29. The molecule has 1 amide bonds. The molecule has 8 heteroatoms. The summed E-state index contributed by atoms with van der Waals surface area (Å²) in [7, 11) is -0.843. The lowest BCUT2D eigenvalue weighted by Crippen LogP contribution is -2.33. The first-order valence-electron chi connectivity index (χ1n) is 10.1. The zero-order valence-corrected chi connectivity index (χ0v) is 18.0. The van der Waals surface area contributed by atoms with Crippen LogP contribution in [0, 0.1) is 5.92 Å². The van der Waals surface area contributed by atoms with E-state index in [0.717, 1.165) is 43.4 Å². The number of nitrogens with zero attached hydrogens (tertiary/aromatic N) is 1. The molecule has 1 N–H and O–H groups in total. The lowest BCUT2D eigenvalue weighted by Gasteiger charge is -2.21. The van der Waals surface area contributed by atoms with Gasteiger partial charge in [-0.1, -0.05) is 12.8 Å². The van der Waals surface area contributed by atoms with E-state index in [1.165, 1.54) is 26.4 Å². The molecule has 0 atom stereocenters. The average molecular weight is 431 g/mol. The van der Waals surface area contributed by atoms with E-state index < -0.39 is 10.0 Å². The minimum atomic E-state index is -3.80. The van der Waals surface area contributed by atoms with Gasteiger partial charge in [0, 0.05) is 29.9 Å². The molecule has 1 saturated carbocycles. The van der Waals surface area contributed by atoms with Gasteiger partial charge < -0.3 is 14.4 Å². The Bertz CT molecular complexity index is 1060. The number of hydrogen-bond donors (Lipinski definition) is 1. The molecule has 1 aliphatic carbocycles. The highest BCUT2D eigenvalue weighted by molar-refractivity contribution is 7.92. The predicted octanol–water partition coefficient (Wildman–Crippen LogP) is 3.58. The fourth-order valence-corrected chi connectivity index (χ4v) is 5.35.